The molecule has 396 valence electrons. The lowest BCUT2D eigenvalue weighted by molar-refractivity contribution is -0.570. The van der Waals surface area contributed by atoms with E-state index in [1.54, 1.807) is 0 Å². The molecule has 0 amide bonds. The summed E-state index contributed by atoms with van der Waals surface area (Å²) < 4.78 is 90.4. The summed E-state index contributed by atoms with van der Waals surface area (Å²) in [6.45, 7) is 32.5. The zero-order chi connectivity index (χ0) is 62.7. The molecule has 12 rings (SSSR count). The summed E-state index contributed by atoms with van der Waals surface area (Å²) in [5, 5.41) is 2.16. The van der Waals surface area contributed by atoms with Gasteiger partial charge in [-0.2, -0.15) is 0 Å². The van der Waals surface area contributed by atoms with Gasteiger partial charge in [-0.15, -0.1) is 0 Å². The van der Waals surface area contributed by atoms with Crippen molar-refractivity contribution < 1.29 is 20.3 Å². The van der Waals surface area contributed by atoms with E-state index in [1.165, 1.54) is 5.56 Å². The average Bonchev–Trinajstić information content (AvgIpc) is 1.63. The van der Waals surface area contributed by atoms with Crippen LogP contribution >= 0.6 is 0 Å². The lowest BCUT2D eigenvalue weighted by Gasteiger charge is -2.29. The normalized spacial score (nSPS) is 14.4. The Balaban J connectivity index is 1.21. The Labute approximate surface area is 479 Å². The van der Waals surface area contributed by atoms with Crippen LogP contribution in [0.1, 0.15) is 143 Å². The van der Waals surface area contributed by atoms with Crippen molar-refractivity contribution in [3.05, 3.63) is 210 Å². The largest absolute Gasteiger partial charge is 0.458 e. The van der Waals surface area contributed by atoms with Crippen LogP contribution in [0.15, 0.2) is 176 Å². The van der Waals surface area contributed by atoms with Crippen LogP contribution in [0.3, 0.4) is 0 Å². The van der Waals surface area contributed by atoms with Crippen molar-refractivity contribution in [2.45, 2.75) is 131 Å². The molecule has 0 bridgehead atoms. The number of hydrogen-bond acceptors (Lipinski definition) is 2. The molecule has 0 unspecified atom stereocenters. The minimum absolute atomic E-state index is 0.00822. The second kappa shape index (κ2) is 18.3. The Bertz CT molecular complexity index is 4690. The molecular formula is C74H74N4O. The number of para-hydroxylation sites is 1. The summed E-state index contributed by atoms with van der Waals surface area (Å²) in [5.41, 5.74) is 10.6. The Morgan fingerprint density at radius 1 is 0.443 bits per heavy atom. The summed E-state index contributed by atoms with van der Waals surface area (Å²) in [6, 6.07) is 38.2. The Morgan fingerprint density at radius 3 is 1.61 bits per heavy atom. The smallest absolute Gasteiger partial charge is 0.269 e. The van der Waals surface area contributed by atoms with E-state index in [9.17, 15) is 11.0 Å². The number of aromatic nitrogens is 4. The average molecular weight is 1040 g/mol. The third kappa shape index (κ3) is 9.15. The van der Waals surface area contributed by atoms with Gasteiger partial charge in [-0.1, -0.05) is 213 Å². The maximum atomic E-state index is 10.1. The summed E-state index contributed by atoms with van der Waals surface area (Å²) in [5.74, 6) is 1.97. The van der Waals surface area contributed by atoms with Crippen LogP contribution in [0, 0.1) is 6.33 Å². The highest BCUT2D eigenvalue weighted by molar-refractivity contribution is 6.09. The second-order valence-corrected chi connectivity index (χ2v) is 26.7. The lowest BCUT2D eigenvalue weighted by atomic mass is 9.77. The Morgan fingerprint density at radius 2 is 0.975 bits per heavy atom. The van der Waals surface area contributed by atoms with Gasteiger partial charge in [0, 0.05) is 23.0 Å². The summed E-state index contributed by atoms with van der Waals surface area (Å²) in [6.07, 6.45) is 5.75. The predicted octanol–water partition coefficient (Wildman–Crippen LogP) is 19.5. The zero-order valence-corrected chi connectivity index (χ0v) is 48.3. The summed E-state index contributed by atoms with van der Waals surface area (Å²) >= 11 is 0. The monoisotopic (exact) mass is 1040 g/mol. The number of hydrogen-bond donors (Lipinski definition) is 0. The minimum atomic E-state index is -0.521. The SMILES string of the molecule is [2H]c1c([2H])c([2H])c2c(c1[2H])-c1cc(C(C)(C)C)cc(-c3cc(C(C)(C)C)cc(C(C)(C)C)c3)c1-[n+]1[c-]n(-c3cccc(Oc4ccc5c6ccccc6n(-c6cc(C(C)(C)C)ccn6)c5c4)c3)c3cc(C(C)(C)C)cc(c31)-c1c([2H])c([2H])c([2H])c([2H])c1-2. The molecule has 0 fully saturated rings. The van der Waals surface area contributed by atoms with Gasteiger partial charge in [0.2, 0.25) is 0 Å². The maximum absolute atomic E-state index is 10.1. The molecule has 4 heterocycles. The van der Waals surface area contributed by atoms with E-state index < -0.39 is 47.1 Å². The van der Waals surface area contributed by atoms with Gasteiger partial charge in [-0.25, -0.2) is 4.98 Å². The topological polar surface area (TPSA) is 35.9 Å². The molecule has 0 saturated carbocycles. The van der Waals surface area contributed by atoms with Crippen LogP contribution in [-0.4, -0.2) is 14.1 Å². The summed E-state index contributed by atoms with van der Waals surface area (Å²) in [4.78, 5) is 4.91. The van der Waals surface area contributed by atoms with E-state index >= 15 is 0 Å². The van der Waals surface area contributed by atoms with Crippen molar-refractivity contribution in [3.63, 3.8) is 0 Å². The number of fused-ring (bicyclic) bond motifs is 10. The fourth-order valence-corrected chi connectivity index (χ4v) is 11.1. The van der Waals surface area contributed by atoms with Gasteiger partial charge < -0.3 is 4.74 Å². The third-order valence-corrected chi connectivity index (χ3v) is 15.8. The molecule has 5 heteroatoms. The van der Waals surface area contributed by atoms with Gasteiger partial charge >= 0.3 is 0 Å². The fraction of sp³-hybridized carbons (Fsp3) is 0.270. The Kier molecular flexibility index (Phi) is 9.93. The molecule has 0 spiro atoms. The molecule has 3 aromatic heterocycles. The van der Waals surface area contributed by atoms with Gasteiger partial charge in [0.05, 0.1) is 44.4 Å². The maximum Gasteiger partial charge on any atom is 0.269 e. The number of benzene rings is 8. The number of imidazole rings is 1. The lowest BCUT2D eigenvalue weighted by Crippen LogP contribution is -2.32. The van der Waals surface area contributed by atoms with Crippen molar-refractivity contribution in [2.75, 3.05) is 0 Å². The van der Waals surface area contributed by atoms with Gasteiger partial charge in [0.1, 0.15) is 17.3 Å². The van der Waals surface area contributed by atoms with E-state index in [0.717, 1.165) is 61.0 Å². The number of nitrogens with zero attached hydrogens (tertiary/aromatic N) is 4. The molecule has 0 aliphatic carbocycles. The van der Waals surface area contributed by atoms with Gasteiger partial charge in [-0.3, -0.25) is 13.7 Å². The van der Waals surface area contributed by atoms with E-state index in [2.05, 4.69) is 188 Å². The molecular weight excluding hydrogens is 961 g/mol. The van der Waals surface area contributed by atoms with Crippen LogP contribution in [-0.2, 0) is 27.1 Å². The van der Waals surface area contributed by atoms with E-state index in [-0.39, 0.29) is 50.6 Å². The molecule has 0 N–H and O–H groups in total. The molecule has 0 atom stereocenters. The first-order valence-corrected chi connectivity index (χ1v) is 27.5. The van der Waals surface area contributed by atoms with Crippen molar-refractivity contribution >= 4 is 32.8 Å². The van der Waals surface area contributed by atoms with Gasteiger partial charge in [0.15, 0.2) is 0 Å². The van der Waals surface area contributed by atoms with E-state index in [4.69, 9.17) is 9.72 Å². The first kappa shape index (κ1) is 42.9. The standard InChI is InChI=1S/C74H74N4O/c1-70(2,3)47-33-34-75-67(42-47)78-64-30-21-20-29-59(64)60-32-31-54(44-65(60)78)79-53-24-22-23-52(43-53)76-45-77-68-61(46-35-48(71(4,5)6)37-49(36-46)72(7,8)9)38-50(73(10,11)12)39-62(68)57-27-18-16-25-55(57)56-26-17-19-28-58(56)63-40-51(74(13,14)15)41-66(76)69(63)77/h16-44H,1-15H3/i16D,17D,18D,19D,25D,26D,27D,28D. The van der Waals surface area contributed by atoms with Crippen LogP contribution in [0.5, 0.6) is 11.5 Å². The van der Waals surface area contributed by atoms with Crippen molar-refractivity contribution in [1.82, 2.24) is 14.1 Å². The molecule has 5 nitrogen and oxygen atoms in total. The van der Waals surface area contributed by atoms with E-state index in [1.807, 2.05) is 63.9 Å². The molecule has 0 saturated heterocycles. The van der Waals surface area contributed by atoms with Crippen LogP contribution in [0.4, 0.5) is 0 Å². The van der Waals surface area contributed by atoms with Crippen molar-refractivity contribution in [2.24, 2.45) is 0 Å². The third-order valence-electron chi connectivity index (χ3n) is 15.8. The first-order valence-electron chi connectivity index (χ1n) is 31.5. The van der Waals surface area contributed by atoms with Crippen LogP contribution < -0.4 is 9.30 Å². The number of ether oxygens (including phenoxy) is 1. The molecule has 1 aliphatic rings. The van der Waals surface area contributed by atoms with Crippen LogP contribution in [0.25, 0.3) is 94.5 Å². The predicted molar refractivity (Wildman–Crippen MR) is 331 cm³/mol. The number of pyridine rings is 1. The van der Waals surface area contributed by atoms with Gasteiger partial charge in [-0.05, 0) is 154 Å². The quantitative estimate of drug-likeness (QED) is 0.127. The molecule has 1 aliphatic heterocycles. The minimum Gasteiger partial charge on any atom is -0.458 e. The van der Waals surface area contributed by atoms with Gasteiger partial charge in [0.25, 0.3) is 6.33 Å². The molecule has 0 radical (unpaired) electrons. The highest BCUT2D eigenvalue weighted by Crippen LogP contribution is 2.49. The van der Waals surface area contributed by atoms with Crippen molar-refractivity contribution in [1.29, 1.82) is 0 Å². The molecule has 8 aromatic carbocycles. The highest BCUT2D eigenvalue weighted by atomic mass is 16.5. The first-order chi connectivity index (χ1) is 40.6. The molecule has 11 aromatic rings. The Hall–Kier alpha value is -8.02. The zero-order valence-electron chi connectivity index (χ0n) is 56.3. The van der Waals surface area contributed by atoms with E-state index in [0.29, 0.717) is 45.0 Å². The van der Waals surface area contributed by atoms with Crippen molar-refractivity contribution in [3.8, 4) is 73.2 Å². The second-order valence-electron chi connectivity index (χ2n) is 26.7. The number of rotatable bonds is 5. The van der Waals surface area contributed by atoms with Crippen LogP contribution in [0.2, 0.25) is 0 Å². The highest BCUT2D eigenvalue weighted by Gasteiger charge is 2.32. The summed E-state index contributed by atoms with van der Waals surface area (Å²) in [7, 11) is 0. The molecule has 79 heavy (non-hydrogen) atoms. The fourth-order valence-electron chi connectivity index (χ4n) is 11.1.